The molecular weight excluding hydrogens is 593 g/mol. The predicted molar refractivity (Wildman–Crippen MR) is 171 cm³/mol. The fraction of sp³-hybridized carbons (Fsp3) is 0.375. The molecule has 7 nitrogen and oxygen atoms in total. The van der Waals surface area contributed by atoms with E-state index in [1.807, 2.05) is 50.2 Å². The van der Waals surface area contributed by atoms with Gasteiger partial charge < -0.3 is 10.2 Å². The summed E-state index contributed by atoms with van der Waals surface area (Å²) in [6.45, 7) is 4.57. The molecule has 3 aromatic carbocycles. The zero-order valence-corrected chi connectivity index (χ0v) is 26.7. The van der Waals surface area contributed by atoms with E-state index < -0.39 is 16.1 Å². The van der Waals surface area contributed by atoms with Gasteiger partial charge in [0, 0.05) is 48.1 Å². The Balaban J connectivity index is 1.91. The minimum absolute atomic E-state index is 0.0213. The predicted octanol–water partition coefficient (Wildman–Crippen LogP) is 6.40. The zero-order chi connectivity index (χ0) is 30.7. The lowest BCUT2D eigenvalue weighted by atomic mass is 10.0. The first-order valence-electron chi connectivity index (χ1n) is 14.1. The molecule has 1 N–H and O–H groups in total. The van der Waals surface area contributed by atoms with E-state index in [9.17, 15) is 18.0 Å². The van der Waals surface area contributed by atoms with Gasteiger partial charge in [-0.05, 0) is 55.2 Å². The van der Waals surface area contributed by atoms with Crippen molar-refractivity contribution in [2.24, 2.45) is 0 Å². The molecule has 42 heavy (non-hydrogen) atoms. The van der Waals surface area contributed by atoms with Crippen molar-refractivity contribution in [3.8, 4) is 0 Å². The molecule has 0 aliphatic heterocycles. The summed E-state index contributed by atoms with van der Waals surface area (Å²) in [5.41, 5.74) is 2.92. The van der Waals surface area contributed by atoms with Gasteiger partial charge in [-0.3, -0.25) is 13.9 Å². The molecular formula is C32H39Cl2N3O4S. The molecule has 0 saturated heterocycles. The summed E-state index contributed by atoms with van der Waals surface area (Å²) in [4.78, 5) is 29.1. The molecule has 0 radical (unpaired) electrons. The van der Waals surface area contributed by atoms with Gasteiger partial charge in [0.2, 0.25) is 21.8 Å². The lowest BCUT2D eigenvalue weighted by molar-refractivity contribution is -0.141. The van der Waals surface area contributed by atoms with Crippen molar-refractivity contribution in [3.05, 3.63) is 99.5 Å². The summed E-state index contributed by atoms with van der Waals surface area (Å²) in [7, 11) is -3.59. The second kappa shape index (κ2) is 16.0. The number of unbranched alkanes of at least 4 members (excludes halogenated alkanes) is 1. The Kier molecular flexibility index (Phi) is 12.7. The standard InChI is InChI=1S/C32H39Cl2N3O4S/c1-4-5-19-35-32(39)30(22-25-13-7-6-8-14-25)36(23-27-28(33)16-10-17-29(27)34)31(38)18-11-20-37(42(3,40)41)26-15-9-12-24(2)21-26/h6-10,12-17,21,30H,4-5,11,18-20,22-23H2,1-3H3,(H,35,39)/t30-/m1/s1. The van der Waals surface area contributed by atoms with Gasteiger partial charge in [-0.2, -0.15) is 0 Å². The highest BCUT2D eigenvalue weighted by molar-refractivity contribution is 7.92. The monoisotopic (exact) mass is 631 g/mol. The van der Waals surface area contributed by atoms with Crippen LogP contribution in [0.25, 0.3) is 0 Å². The number of amides is 2. The van der Waals surface area contributed by atoms with Gasteiger partial charge in [0.25, 0.3) is 0 Å². The van der Waals surface area contributed by atoms with E-state index in [0.29, 0.717) is 34.3 Å². The number of nitrogens with one attached hydrogen (secondary N) is 1. The minimum atomic E-state index is -3.59. The Hall–Kier alpha value is -3.07. The number of sulfonamides is 1. The number of benzene rings is 3. The van der Waals surface area contributed by atoms with Crippen molar-refractivity contribution in [2.45, 2.75) is 58.5 Å². The van der Waals surface area contributed by atoms with Gasteiger partial charge in [0.05, 0.1) is 11.9 Å². The van der Waals surface area contributed by atoms with E-state index in [4.69, 9.17) is 23.2 Å². The van der Waals surface area contributed by atoms with E-state index in [-0.39, 0.29) is 37.7 Å². The number of halogens is 2. The van der Waals surface area contributed by atoms with E-state index in [0.717, 1.165) is 30.2 Å². The number of hydrogen-bond donors (Lipinski definition) is 1. The van der Waals surface area contributed by atoms with Crippen LogP contribution in [0.3, 0.4) is 0 Å². The molecule has 2 amide bonds. The maximum Gasteiger partial charge on any atom is 0.243 e. The highest BCUT2D eigenvalue weighted by atomic mass is 35.5. The molecule has 3 aromatic rings. The van der Waals surface area contributed by atoms with Crippen molar-refractivity contribution < 1.29 is 18.0 Å². The van der Waals surface area contributed by atoms with Crippen LogP contribution in [0.2, 0.25) is 10.0 Å². The van der Waals surface area contributed by atoms with Gasteiger partial charge in [-0.15, -0.1) is 0 Å². The lowest BCUT2D eigenvalue weighted by Gasteiger charge is -2.32. The third-order valence-corrected chi connectivity index (χ3v) is 8.83. The van der Waals surface area contributed by atoms with Crippen molar-refractivity contribution in [2.75, 3.05) is 23.7 Å². The maximum absolute atomic E-state index is 13.9. The molecule has 0 aromatic heterocycles. The summed E-state index contributed by atoms with van der Waals surface area (Å²) < 4.78 is 26.6. The van der Waals surface area contributed by atoms with Crippen molar-refractivity contribution in [1.29, 1.82) is 0 Å². The third-order valence-electron chi connectivity index (χ3n) is 6.93. The van der Waals surface area contributed by atoms with Gasteiger partial charge in [-0.1, -0.05) is 85.1 Å². The second-order valence-corrected chi connectivity index (χ2v) is 13.1. The van der Waals surface area contributed by atoms with Crippen LogP contribution in [0.15, 0.2) is 72.8 Å². The summed E-state index contributed by atoms with van der Waals surface area (Å²) in [5.74, 6) is -0.559. The Morgan fingerprint density at radius 3 is 2.21 bits per heavy atom. The van der Waals surface area contributed by atoms with E-state index in [1.54, 1.807) is 36.4 Å². The summed E-state index contributed by atoms with van der Waals surface area (Å²) in [6.07, 6.45) is 3.45. The summed E-state index contributed by atoms with van der Waals surface area (Å²) >= 11 is 13.0. The molecule has 3 rings (SSSR count). The summed E-state index contributed by atoms with van der Waals surface area (Å²) in [5, 5.41) is 3.78. The molecule has 0 aliphatic carbocycles. The first kappa shape index (κ1) is 33.4. The van der Waals surface area contributed by atoms with Crippen LogP contribution in [0.1, 0.15) is 49.3 Å². The van der Waals surface area contributed by atoms with Crippen molar-refractivity contribution in [1.82, 2.24) is 10.2 Å². The molecule has 0 fully saturated rings. The highest BCUT2D eigenvalue weighted by Crippen LogP contribution is 2.28. The van der Waals surface area contributed by atoms with Crippen molar-refractivity contribution in [3.63, 3.8) is 0 Å². The average Bonchev–Trinajstić information content (AvgIpc) is 2.94. The van der Waals surface area contributed by atoms with Crippen LogP contribution in [0.5, 0.6) is 0 Å². The van der Waals surface area contributed by atoms with Crippen LogP contribution >= 0.6 is 23.2 Å². The largest absolute Gasteiger partial charge is 0.354 e. The second-order valence-electron chi connectivity index (χ2n) is 10.3. The molecule has 10 heteroatoms. The Bertz CT molecular complexity index is 1430. The lowest BCUT2D eigenvalue weighted by Crippen LogP contribution is -2.50. The van der Waals surface area contributed by atoms with Crippen LogP contribution in [0, 0.1) is 6.92 Å². The van der Waals surface area contributed by atoms with Gasteiger partial charge in [0.1, 0.15) is 6.04 Å². The Morgan fingerprint density at radius 1 is 0.929 bits per heavy atom. The average molecular weight is 633 g/mol. The first-order valence-corrected chi connectivity index (χ1v) is 16.7. The van der Waals surface area contributed by atoms with Crippen molar-refractivity contribution >= 4 is 50.7 Å². The summed E-state index contributed by atoms with van der Waals surface area (Å²) in [6, 6.07) is 21.0. The molecule has 0 unspecified atom stereocenters. The molecule has 0 aliphatic rings. The maximum atomic E-state index is 13.9. The number of hydrogen-bond acceptors (Lipinski definition) is 4. The molecule has 226 valence electrons. The fourth-order valence-corrected chi connectivity index (χ4v) is 6.18. The van der Waals surface area contributed by atoms with E-state index in [2.05, 4.69) is 5.32 Å². The van der Waals surface area contributed by atoms with E-state index in [1.165, 1.54) is 9.21 Å². The number of anilines is 1. The molecule has 0 bridgehead atoms. The molecule has 0 heterocycles. The molecule has 0 saturated carbocycles. The van der Waals surface area contributed by atoms with Gasteiger partial charge in [0.15, 0.2) is 0 Å². The van der Waals surface area contributed by atoms with Crippen LogP contribution < -0.4 is 9.62 Å². The Morgan fingerprint density at radius 2 is 1.60 bits per heavy atom. The number of rotatable bonds is 15. The molecule has 0 spiro atoms. The van der Waals surface area contributed by atoms with Crippen LogP contribution in [-0.2, 0) is 32.6 Å². The fourth-order valence-electron chi connectivity index (χ4n) is 4.70. The molecule has 1 atom stereocenters. The van der Waals surface area contributed by atoms with E-state index >= 15 is 0 Å². The number of nitrogens with zero attached hydrogens (tertiary/aromatic N) is 2. The number of carbonyl (C=O) groups is 2. The smallest absolute Gasteiger partial charge is 0.243 e. The first-order chi connectivity index (χ1) is 20.0. The Labute approximate surface area is 259 Å². The quantitative estimate of drug-likeness (QED) is 0.197. The van der Waals surface area contributed by atoms with Crippen LogP contribution in [-0.4, -0.2) is 50.5 Å². The SMILES string of the molecule is CCCCNC(=O)[C@@H](Cc1ccccc1)N(Cc1c(Cl)cccc1Cl)C(=O)CCCN(c1cccc(C)c1)S(C)(=O)=O. The third kappa shape index (κ3) is 9.75. The minimum Gasteiger partial charge on any atom is -0.354 e. The highest BCUT2D eigenvalue weighted by Gasteiger charge is 2.31. The van der Waals surface area contributed by atoms with Gasteiger partial charge in [-0.25, -0.2) is 8.42 Å². The normalized spacial score (nSPS) is 12.0. The van der Waals surface area contributed by atoms with Crippen LogP contribution in [0.4, 0.5) is 5.69 Å². The topological polar surface area (TPSA) is 86.8 Å². The van der Waals surface area contributed by atoms with Gasteiger partial charge >= 0.3 is 0 Å². The number of carbonyl (C=O) groups excluding carboxylic acids is 2. The number of aryl methyl sites for hydroxylation is 1. The zero-order valence-electron chi connectivity index (χ0n) is 24.4.